The fourth-order valence-electron chi connectivity index (χ4n) is 2.77. The van der Waals surface area contributed by atoms with Crippen LogP contribution in [0.25, 0.3) is 11.0 Å². The van der Waals surface area contributed by atoms with Gasteiger partial charge in [-0.15, -0.1) is 0 Å². The van der Waals surface area contributed by atoms with Crippen LogP contribution >= 0.6 is 11.6 Å². The third kappa shape index (κ3) is 2.79. The third-order valence-corrected chi connectivity index (χ3v) is 4.21. The smallest absolute Gasteiger partial charge is 0.145 e. The molecule has 3 rings (SSSR count). The van der Waals surface area contributed by atoms with E-state index in [0.29, 0.717) is 0 Å². The van der Waals surface area contributed by atoms with E-state index in [1.807, 2.05) is 0 Å². The summed E-state index contributed by atoms with van der Waals surface area (Å²) in [6, 6.07) is 10.6. The largest absolute Gasteiger partial charge is 0.328 e. The van der Waals surface area contributed by atoms with Gasteiger partial charge in [0.1, 0.15) is 12.0 Å². The predicted molar refractivity (Wildman–Crippen MR) is 86.7 cm³/mol. The van der Waals surface area contributed by atoms with Crippen LogP contribution in [0.5, 0.6) is 0 Å². The molecule has 0 unspecified atom stereocenters. The Labute approximate surface area is 129 Å². The summed E-state index contributed by atoms with van der Waals surface area (Å²) in [6.45, 7) is 3.06. The molecule has 0 aliphatic carbocycles. The highest BCUT2D eigenvalue weighted by atomic mass is 35.5. The van der Waals surface area contributed by atoms with Crippen LogP contribution in [0.3, 0.4) is 0 Å². The van der Waals surface area contributed by atoms with E-state index in [4.69, 9.17) is 11.6 Å². The Morgan fingerprint density at radius 1 is 1.19 bits per heavy atom. The Morgan fingerprint density at radius 3 is 2.76 bits per heavy atom. The van der Waals surface area contributed by atoms with Gasteiger partial charge in [0.25, 0.3) is 0 Å². The lowest BCUT2D eigenvalue weighted by atomic mass is 10.1. The van der Waals surface area contributed by atoms with Gasteiger partial charge in [-0.1, -0.05) is 48.9 Å². The second kappa shape index (κ2) is 6.27. The third-order valence-electron chi connectivity index (χ3n) is 3.79. The first-order valence-corrected chi connectivity index (χ1v) is 7.69. The molecule has 0 aliphatic rings. The Balaban J connectivity index is 1.83. The van der Waals surface area contributed by atoms with Crippen LogP contribution in [-0.4, -0.2) is 14.5 Å². The SMILES string of the molecule is CCc1c(Cl)c2cncnc2n1CCCc1ccccc1. The zero-order valence-electron chi connectivity index (χ0n) is 12.1. The Hall–Kier alpha value is -1.87. The van der Waals surface area contributed by atoms with Gasteiger partial charge >= 0.3 is 0 Å². The highest BCUT2D eigenvalue weighted by Gasteiger charge is 2.15. The molecule has 0 spiro atoms. The van der Waals surface area contributed by atoms with E-state index >= 15 is 0 Å². The summed E-state index contributed by atoms with van der Waals surface area (Å²) in [4.78, 5) is 8.49. The Morgan fingerprint density at radius 2 is 2.00 bits per heavy atom. The lowest BCUT2D eigenvalue weighted by Crippen LogP contribution is -2.04. The van der Waals surface area contributed by atoms with E-state index in [9.17, 15) is 0 Å². The molecule has 3 aromatic rings. The molecule has 4 heteroatoms. The van der Waals surface area contributed by atoms with Crippen molar-refractivity contribution in [1.82, 2.24) is 14.5 Å². The monoisotopic (exact) mass is 299 g/mol. The van der Waals surface area contributed by atoms with Crippen LogP contribution in [0.15, 0.2) is 42.9 Å². The lowest BCUT2D eigenvalue weighted by Gasteiger charge is -2.09. The van der Waals surface area contributed by atoms with Crippen molar-refractivity contribution >= 4 is 22.6 Å². The molecule has 2 aromatic heterocycles. The van der Waals surface area contributed by atoms with Gasteiger partial charge in [-0.25, -0.2) is 9.97 Å². The average Bonchev–Trinajstić information content (AvgIpc) is 2.81. The first kappa shape index (κ1) is 14.1. The number of fused-ring (bicyclic) bond motifs is 1. The van der Waals surface area contributed by atoms with Gasteiger partial charge < -0.3 is 4.57 Å². The number of halogens is 1. The highest BCUT2D eigenvalue weighted by molar-refractivity contribution is 6.36. The van der Waals surface area contributed by atoms with Crippen molar-refractivity contribution in [3.05, 3.63) is 59.1 Å². The maximum Gasteiger partial charge on any atom is 0.145 e. The second-order valence-corrected chi connectivity index (χ2v) is 5.49. The van der Waals surface area contributed by atoms with Crippen LogP contribution in [0, 0.1) is 0 Å². The second-order valence-electron chi connectivity index (χ2n) is 5.12. The molecule has 0 fully saturated rings. The van der Waals surface area contributed by atoms with Crippen molar-refractivity contribution in [2.45, 2.75) is 32.7 Å². The van der Waals surface area contributed by atoms with Crippen LogP contribution in [-0.2, 0) is 19.4 Å². The molecule has 0 bridgehead atoms. The van der Waals surface area contributed by atoms with E-state index in [-0.39, 0.29) is 0 Å². The van der Waals surface area contributed by atoms with Crippen LogP contribution < -0.4 is 0 Å². The average molecular weight is 300 g/mol. The molecule has 0 N–H and O–H groups in total. The molecule has 3 nitrogen and oxygen atoms in total. The van der Waals surface area contributed by atoms with Gasteiger partial charge in [-0.2, -0.15) is 0 Å². The number of rotatable bonds is 5. The summed E-state index contributed by atoms with van der Waals surface area (Å²) < 4.78 is 2.24. The first-order valence-electron chi connectivity index (χ1n) is 7.31. The number of benzene rings is 1. The van der Waals surface area contributed by atoms with Crippen molar-refractivity contribution in [1.29, 1.82) is 0 Å². The standard InChI is InChI=1S/C17H18ClN3/c1-2-15-16(18)14-11-19-12-20-17(14)21(15)10-6-9-13-7-4-3-5-8-13/h3-5,7-8,11-12H,2,6,9-10H2,1H3. The minimum atomic E-state index is 0.799. The lowest BCUT2D eigenvalue weighted by molar-refractivity contribution is 0.634. The van der Waals surface area contributed by atoms with Crippen molar-refractivity contribution in [2.75, 3.05) is 0 Å². The molecular formula is C17H18ClN3. The fourth-order valence-corrected chi connectivity index (χ4v) is 3.14. The molecule has 0 amide bonds. The summed E-state index contributed by atoms with van der Waals surface area (Å²) in [5.74, 6) is 0. The summed E-state index contributed by atoms with van der Waals surface area (Å²) in [7, 11) is 0. The fraction of sp³-hybridized carbons (Fsp3) is 0.294. The van der Waals surface area contributed by atoms with Crippen molar-refractivity contribution in [3.8, 4) is 0 Å². The topological polar surface area (TPSA) is 30.7 Å². The number of hydrogen-bond acceptors (Lipinski definition) is 2. The molecule has 0 aliphatic heterocycles. The Kier molecular flexibility index (Phi) is 4.20. The molecule has 1 aromatic carbocycles. The van der Waals surface area contributed by atoms with E-state index < -0.39 is 0 Å². The van der Waals surface area contributed by atoms with Crippen LogP contribution in [0.4, 0.5) is 0 Å². The van der Waals surface area contributed by atoms with Gasteiger partial charge in [0, 0.05) is 18.4 Å². The number of nitrogens with zero attached hydrogens (tertiary/aromatic N) is 3. The number of aromatic nitrogens is 3. The van der Waals surface area contributed by atoms with E-state index in [2.05, 4.69) is 51.8 Å². The van der Waals surface area contributed by atoms with Crippen molar-refractivity contribution < 1.29 is 0 Å². The maximum absolute atomic E-state index is 6.46. The maximum atomic E-state index is 6.46. The zero-order valence-corrected chi connectivity index (χ0v) is 12.8. The van der Waals surface area contributed by atoms with Crippen molar-refractivity contribution in [3.63, 3.8) is 0 Å². The molecule has 2 heterocycles. The quantitative estimate of drug-likeness (QED) is 0.704. The van der Waals surface area contributed by atoms with Gasteiger partial charge in [-0.05, 0) is 24.8 Å². The summed E-state index contributed by atoms with van der Waals surface area (Å²) in [5, 5.41) is 1.75. The van der Waals surface area contributed by atoms with E-state index in [0.717, 1.165) is 47.6 Å². The molecule has 108 valence electrons. The normalized spacial score (nSPS) is 11.1. The molecular weight excluding hydrogens is 282 g/mol. The van der Waals surface area contributed by atoms with Gasteiger partial charge in [0.15, 0.2) is 0 Å². The first-order chi connectivity index (χ1) is 10.3. The predicted octanol–water partition coefficient (Wildman–Crippen LogP) is 4.28. The zero-order chi connectivity index (χ0) is 14.7. The minimum absolute atomic E-state index is 0.799. The number of hydrogen-bond donors (Lipinski definition) is 0. The summed E-state index contributed by atoms with van der Waals surface area (Å²) >= 11 is 6.46. The van der Waals surface area contributed by atoms with Gasteiger partial charge in [0.2, 0.25) is 0 Å². The molecule has 0 saturated heterocycles. The van der Waals surface area contributed by atoms with Gasteiger partial charge in [-0.3, -0.25) is 0 Å². The van der Waals surface area contributed by atoms with Crippen LogP contribution in [0.2, 0.25) is 5.02 Å². The summed E-state index contributed by atoms with van der Waals surface area (Å²) in [5.41, 5.74) is 3.47. The van der Waals surface area contributed by atoms with Crippen molar-refractivity contribution in [2.24, 2.45) is 0 Å². The van der Waals surface area contributed by atoms with E-state index in [1.165, 1.54) is 5.56 Å². The molecule has 0 radical (unpaired) electrons. The van der Waals surface area contributed by atoms with E-state index in [1.54, 1.807) is 12.5 Å². The summed E-state index contributed by atoms with van der Waals surface area (Å²) in [6.07, 6.45) is 6.43. The van der Waals surface area contributed by atoms with Gasteiger partial charge in [0.05, 0.1) is 10.4 Å². The molecule has 21 heavy (non-hydrogen) atoms. The number of aryl methyl sites for hydroxylation is 2. The van der Waals surface area contributed by atoms with Crippen LogP contribution in [0.1, 0.15) is 24.6 Å². The molecule has 0 atom stereocenters. The Bertz CT molecular complexity index is 734. The molecule has 0 saturated carbocycles. The highest BCUT2D eigenvalue weighted by Crippen LogP contribution is 2.29. The minimum Gasteiger partial charge on any atom is -0.328 e.